The maximum Gasteiger partial charge on any atom is 0.195 e. The van der Waals surface area contributed by atoms with Crippen LogP contribution in [-0.2, 0) is 0 Å². The van der Waals surface area contributed by atoms with Crippen LogP contribution in [0.15, 0.2) is 23.2 Å². The molecule has 0 saturated heterocycles. The van der Waals surface area contributed by atoms with Gasteiger partial charge in [-0.15, -0.1) is 0 Å². The Morgan fingerprint density at radius 3 is 2.86 bits per heavy atom. The first-order valence-corrected chi connectivity index (χ1v) is 4.90. The van der Waals surface area contributed by atoms with E-state index >= 15 is 0 Å². The fourth-order valence-electron chi connectivity index (χ4n) is 1.54. The maximum absolute atomic E-state index is 6.12. The molecule has 74 valence electrons. The summed E-state index contributed by atoms with van der Waals surface area (Å²) < 4.78 is 0. The molecule has 14 heavy (non-hydrogen) atoms. The van der Waals surface area contributed by atoms with Crippen LogP contribution < -0.4 is 10.6 Å². The predicted octanol–water partition coefficient (Wildman–Crippen LogP) is 1.78. The van der Waals surface area contributed by atoms with Gasteiger partial charge in [0.2, 0.25) is 0 Å². The molecule has 0 saturated carbocycles. The molecule has 0 fully saturated rings. The Hall–Kier alpha value is -1.22. The van der Waals surface area contributed by atoms with Gasteiger partial charge in [-0.2, -0.15) is 0 Å². The van der Waals surface area contributed by atoms with Crippen molar-refractivity contribution in [2.24, 2.45) is 10.7 Å². The van der Waals surface area contributed by atoms with E-state index in [-0.39, 0.29) is 0 Å². The third-order valence-electron chi connectivity index (χ3n) is 2.27. The summed E-state index contributed by atoms with van der Waals surface area (Å²) in [6, 6.07) is 5.93. The number of guanidine groups is 1. The number of rotatable bonds is 1. The molecule has 0 aromatic heterocycles. The van der Waals surface area contributed by atoms with Gasteiger partial charge >= 0.3 is 0 Å². The van der Waals surface area contributed by atoms with Crippen LogP contribution in [-0.4, -0.2) is 19.0 Å². The van der Waals surface area contributed by atoms with E-state index in [4.69, 9.17) is 17.3 Å². The van der Waals surface area contributed by atoms with Crippen LogP contribution in [0.2, 0.25) is 5.02 Å². The summed E-state index contributed by atoms with van der Waals surface area (Å²) in [5.74, 6) is 0.552. The van der Waals surface area contributed by atoms with Crippen LogP contribution >= 0.6 is 11.6 Å². The zero-order chi connectivity index (χ0) is 10.1. The Labute approximate surface area is 88.2 Å². The summed E-state index contributed by atoms with van der Waals surface area (Å²) in [7, 11) is 0. The van der Waals surface area contributed by atoms with Gasteiger partial charge in [0.05, 0.1) is 17.3 Å². The van der Waals surface area contributed by atoms with Crippen molar-refractivity contribution in [1.82, 2.24) is 0 Å². The highest BCUT2D eigenvalue weighted by atomic mass is 35.5. The van der Waals surface area contributed by atoms with Gasteiger partial charge in [-0.3, -0.25) is 4.99 Å². The normalized spacial score (nSPS) is 15.9. The number of anilines is 1. The first-order chi connectivity index (χ1) is 6.68. The van der Waals surface area contributed by atoms with Gasteiger partial charge in [0.25, 0.3) is 0 Å². The zero-order valence-corrected chi connectivity index (χ0v) is 8.75. The van der Waals surface area contributed by atoms with Crippen LogP contribution in [0.4, 0.5) is 5.69 Å². The highest BCUT2D eigenvalue weighted by molar-refractivity contribution is 6.34. The Bertz CT molecular complexity index is 387. The molecule has 1 aliphatic rings. The second kappa shape index (κ2) is 3.50. The molecule has 0 radical (unpaired) electrons. The van der Waals surface area contributed by atoms with Crippen LogP contribution in [0.25, 0.3) is 0 Å². The Morgan fingerprint density at radius 2 is 2.29 bits per heavy atom. The van der Waals surface area contributed by atoms with Gasteiger partial charge in [0, 0.05) is 6.54 Å². The Kier molecular flexibility index (Phi) is 2.33. The summed E-state index contributed by atoms with van der Waals surface area (Å²) in [4.78, 5) is 6.05. The number of nitrogens with two attached hydrogens (primary N) is 1. The second-order valence-electron chi connectivity index (χ2n) is 3.35. The molecule has 0 bridgehead atoms. The molecule has 4 heteroatoms. The zero-order valence-electron chi connectivity index (χ0n) is 8.00. The van der Waals surface area contributed by atoms with E-state index in [0.717, 1.165) is 29.4 Å². The molecule has 1 aromatic rings. The van der Waals surface area contributed by atoms with Gasteiger partial charge in [-0.1, -0.05) is 17.7 Å². The van der Waals surface area contributed by atoms with E-state index in [0.29, 0.717) is 5.96 Å². The van der Waals surface area contributed by atoms with Crippen molar-refractivity contribution >= 4 is 23.2 Å². The second-order valence-corrected chi connectivity index (χ2v) is 3.75. The van der Waals surface area contributed by atoms with Crippen molar-refractivity contribution < 1.29 is 0 Å². The summed E-state index contributed by atoms with van der Waals surface area (Å²) in [5, 5.41) is 0.727. The number of benzene rings is 1. The molecule has 1 aromatic carbocycles. The molecule has 0 amide bonds. The summed E-state index contributed by atoms with van der Waals surface area (Å²) >= 11 is 6.12. The van der Waals surface area contributed by atoms with Gasteiger partial charge in [0.15, 0.2) is 5.96 Å². The van der Waals surface area contributed by atoms with Gasteiger partial charge in [-0.25, -0.2) is 0 Å². The highest BCUT2D eigenvalue weighted by Crippen LogP contribution is 2.27. The molecule has 2 rings (SSSR count). The Morgan fingerprint density at radius 1 is 1.50 bits per heavy atom. The van der Waals surface area contributed by atoms with E-state index in [2.05, 4.69) is 4.99 Å². The third-order valence-corrected chi connectivity index (χ3v) is 2.57. The number of halogens is 1. The number of hydrogen-bond acceptors (Lipinski definition) is 3. The van der Waals surface area contributed by atoms with Crippen molar-refractivity contribution in [3.05, 3.63) is 28.8 Å². The molecule has 2 N–H and O–H groups in total. The average molecular weight is 210 g/mol. The lowest BCUT2D eigenvalue weighted by molar-refractivity contribution is 1.02. The Balaban J connectivity index is 2.37. The number of nitrogens with zero attached hydrogens (tertiary/aromatic N) is 2. The van der Waals surface area contributed by atoms with E-state index in [9.17, 15) is 0 Å². The van der Waals surface area contributed by atoms with Crippen molar-refractivity contribution in [3.8, 4) is 0 Å². The fourth-order valence-corrected chi connectivity index (χ4v) is 1.88. The topological polar surface area (TPSA) is 41.6 Å². The number of aryl methyl sites for hydroxylation is 1. The van der Waals surface area contributed by atoms with E-state index in [1.807, 2.05) is 30.0 Å². The van der Waals surface area contributed by atoms with Crippen molar-refractivity contribution in [1.29, 1.82) is 0 Å². The molecule has 0 atom stereocenters. The predicted molar refractivity (Wildman–Crippen MR) is 60.0 cm³/mol. The van der Waals surface area contributed by atoms with Gasteiger partial charge in [0.1, 0.15) is 0 Å². The van der Waals surface area contributed by atoms with Gasteiger partial charge < -0.3 is 10.6 Å². The van der Waals surface area contributed by atoms with Crippen LogP contribution in [0.1, 0.15) is 5.56 Å². The van der Waals surface area contributed by atoms with Crippen molar-refractivity contribution in [2.45, 2.75) is 6.92 Å². The minimum absolute atomic E-state index is 0.552. The standard InChI is InChI=1S/C10H12ClN3/c1-7-2-3-9(8(11)6-7)14-5-4-13-10(14)12/h2-3,6H,4-5H2,1H3,(H2,12,13). The quantitative estimate of drug-likeness (QED) is 0.766. The third kappa shape index (κ3) is 1.55. The largest absolute Gasteiger partial charge is 0.370 e. The minimum Gasteiger partial charge on any atom is -0.370 e. The molecule has 0 aliphatic carbocycles. The lowest BCUT2D eigenvalue weighted by atomic mass is 10.2. The van der Waals surface area contributed by atoms with Crippen molar-refractivity contribution in [2.75, 3.05) is 18.0 Å². The monoisotopic (exact) mass is 209 g/mol. The first kappa shape index (κ1) is 9.34. The minimum atomic E-state index is 0.552. The van der Waals surface area contributed by atoms with Gasteiger partial charge in [-0.05, 0) is 24.6 Å². The smallest absolute Gasteiger partial charge is 0.195 e. The molecule has 0 spiro atoms. The summed E-state index contributed by atoms with van der Waals surface area (Å²) in [5.41, 5.74) is 7.82. The van der Waals surface area contributed by atoms with E-state index < -0.39 is 0 Å². The molecular weight excluding hydrogens is 198 g/mol. The summed E-state index contributed by atoms with van der Waals surface area (Å²) in [6.45, 7) is 3.57. The van der Waals surface area contributed by atoms with Crippen LogP contribution in [0, 0.1) is 6.92 Å². The molecule has 1 heterocycles. The van der Waals surface area contributed by atoms with Crippen LogP contribution in [0.5, 0.6) is 0 Å². The molecule has 1 aliphatic heterocycles. The maximum atomic E-state index is 6.12. The number of hydrogen-bond donors (Lipinski definition) is 1. The van der Waals surface area contributed by atoms with E-state index in [1.54, 1.807) is 0 Å². The molecule has 0 unspecified atom stereocenters. The van der Waals surface area contributed by atoms with E-state index in [1.165, 1.54) is 0 Å². The molecular formula is C10H12ClN3. The highest BCUT2D eigenvalue weighted by Gasteiger charge is 2.17. The lowest BCUT2D eigenvalue weighted by Gasteiger charge is -2.19. The fraction of sp³-hybridized carbons (Fsp3) is 0.300. The first-order valence-electron chi connectivity index (χ1n) is 4.52. The van der Waals surface area contributed by atoms with Crippen LogP contribution in [0.3, 0.4) is 0 Å². The lowest BCUT2D eigenvalue weighted by Crippen LogP contribution is -2.33. The van der Waals surface area contributed by atoms with Crippen molar-refractivity contribution in [3.63, 3.8) is 0 Å². The summed E-state index contributed by atoms with van der Waals surface area (Å²) in [6.07, 6.45) is 0. The number of aliphatic imine (C=N–C) groups is 1. The average Bonchev–Trinajstić information content (AvgIpc) is 2.52. The SMILES string of the molecule is Cc1ccc(N2CCN=C2N)c(Cl)c1. The molecule has 3 nitrogen and oxygen atoms in total.